The normalized spacial score (nSPS) is 30.0. The van der Waals surface area contributed by atoms with Gasteiger partial charge in [-0.05, 0) is 0 Å². The Kier molecular flexibility index (Phi) is 3.22. The molecule has 2 aromatic rings. The molecule has 0 radical (unpaired) electrons. The van der Waals surface area contributed by atoms with Gasteiger partial charge in [0, 0.05) is 7.05 Å². The molecule has 0 spiro atoms. The van der Waals surface area contributed by atoms with Crippen molar-refractivity contribution in [2.45, 2.75) is 24.5 Å². The quantitative estimate of drug-likeness (QED) is 0.497. The molecule has 3 rings (SSSR count). The zero-order valence-electron chi connectivity index (χ0n) is 10.6. The van der Waals surface area contributed by atoms with Crippen molar-refractivity contribution in [1.82, 2.24) is 25.0 Å². The third-order valence-corrected chi connectivity index (χ3v) is 3.26. The average Bonchev–Trinajstić information content (AvgIpc) is 3.01. The Morgan fingerprint density at radius 1 is 1.35 bits per heavy atom. The Bertz CT molecular complexity index is 619. The summed E-state index contributed by atoms with van der Waals surface area (Å²) < 4.78 is 6.66. The zero-order chi connectivity index (χ0) is 14.3. The number of nitrogens with zero attached hydrogens (tertiary/aromatic N) is 5. The molecule has 10 heteroatoms. The first-order valence-corrected chi connectivity index (χ1v) is 6.03. The maximum Gasteiger partial charge on any atom is 0.186 e. The van der Waals surface area contributed by atoms with Gasteiger partial charge in [-0.2, -0.15) is 4.68 Å². The molecule has 0 unspecified atom stereocenters. The number of hydrogen-bond acceptors (Lipinski definition) is 9. The lowest BCUT2D eigenvalue weighted by Crippen LogP contribution is -2.33. The molecule has 2 aromatic heterocycles. The van der Waals surface area contributed by atoms with Gasteiger partial charge in [-0.15, -0.1) is 5.10 Å². The van der Waals surface area contributed by atoms with Crippen LogP contribution in [0, 0.1) is 0 Å². The maximum absolute atomic E-state index is 9.98. The van der Waals surface area contributed by atoms with E-state index < -0.39 is 31.1 Å². The van der Waals surface area contributed by atoms with Crippen LogP contribution in [0.5, 0.6) is 0 Å². The van der Waals surface area contributed by atoms with E-state index in [2.05, 4.69) is 25.6 Å². The molecule has 20 heavy (non-hydrogen) atoms. The monoisotopic (exact) mass is 282 g/mol. The standard InChI is InChI=1S/C10H14N6O4/c1-11-8-5-9(13-3-12-8)16(15-14-5)10-7(19)6(18)4(2-17)20-10/h3-4,6-7,10,17-19H,2H2,1H3,(H,11,12,13)/t4-,6-,7-,10-/m1/s1. The third-order valence-electron chi connectivity index (χ3n) is 3.26. The summed E-state index contributed by atoms with van der Waals surface area (Å²) in [6, 6.07) is 0. The number of ether oxygens (including phenoxy) is 1. The van der Waals surface area contributed by atoms with E-state index in [0.29, 0.717) is 17.0 Å². The molecule has 1 fully saturated rings. The van der Waals surface area contributed by atoms with Crippen LogP contribution in [0.15, 0.2) is 6.33 Å². The summed E-state index contributed by atoms with van der Waals surface area (Å²) in [6.45, 7) is -0.405. The van der Waals surface area contributed by atoms with Gasteiger partial charge in [-0.1, -0.05) is 5.21 Å². The summed E-state index contributed by atoms with van der Waals surface area (Å²) >= 11 is 0. The number of aromatic nitrogens is 5. The van der Waals surface area contributed by atoms with Gasteiger partial charge in [-0.25, -0.2) is 9.97 Å². The van der Waals surface area contributed by atoms with Crippen LogP contribution in [0.1, 0.15) is 6.23 Å². The van der Waals surface area contributed by atoms with Gasteiger partial charge in [0.1, 0.15) is 24.6 Å². The second-order valence-electron chi connectivity index (χ2n) is 4.41. The summed E-state index contributed by atoms with van der Waals surface area (Å²) in [5.74, 6) is 0.494. The molecular weight excluding hydrogens is 268 g/mol. The number of fused-ring (bicyclic) bond motifs is 1. The van der Waals surface area contributed by atoms with Crippen LogP contribution in [0.4, 0.5) is 5.82 Å². The van der Waals surface area contributed by atoms with Crippen molar-refractivity contribution < 1.29 is 20.1 Å². The fraction of sp³-hybridized carbons (Fsp3) is 0.600. The fourth-order valence-corrected chi connectivity index (χ4v) is 2.20. The van der Waals surface area contributed by atoms with E-state index in [0.717, 1.165) is 0 Å². The van der Waals surface area contributed by atoms with E-state index in [1.165, 1.54) is 11.0 Å². The number of anilines is 1. The minimum Gasteiger partial charge on any atom is -0.394 e. The Labute approximate surface area is 113 Å². The smallest absolute Gasteiger partial charge is 0.186 e. The van der Waals surface area contributed by atoms with Crippen LogP contribution >= 0.6 is 0 Å². The van der Waals surface area contributed by atoms with Crippen LogP contribution in [0.2, 0.25) is 0 Å². The molecule has 1 aliphatic rings. The number of hydrogen-bond donors (Lipinski definition) is 4. The summed E-state index contributed by atoms with van der Waals surface area (Å²) in [5.41, 5.74) is 0.784. The van der Waals surface area contributed by atoms with Crippen molar-refractivity contribution in [1.29, 1.82) is 0 Å². The topological polar surface area (TPSA) is 138 Å². The highest BCUT2D eigenvalue weighted by atomic mass is 16.6. The Morgan fingerprint density at radius 3 is 2.80 bits per heavy atom. The first-order chi connectivity index (χ1) is 9.67. The van der Waals surface area contributed by atoms with Crippen molar-refractivity contribution >= 4 is 17.0 Å². The van der Waals surface area contributed by atoms with Gasteiger partial charge in [0.2, 0.25) is 0 Å². The number of aliphatic hydroxyl groups is 3. The van der Waals surface area contributed by atoms with Gasteiger partial charge in [0.25, 0.3) is 0 Å². The highest BCUT2D eigenvalue weighted by molar-refractivity contribution is 5.81. The summed E-state index contributed by atoms with van der Waals surface area (Å²) in [4.78, 5) is 8.06. The van der Waals surface area contributed by atoms with Crippen LogP contribution < -0.4 is 5.32 Å². The molecular formula is C10H14N6O4. The maximum atomic E-state index is 9.98. The Balaban J connectivity index is 2.03. The molecule has 4 atom stereocenters. The fourth-order valence-electron chi connectivity index (χ4n) is 2.20. The SMILES string of the molecule is CNc1ncnc2c1nnn2[C@@H]1O[C@H](CO)[C@@H](O)[C@H]1O. The lowest BCUT2D eigenvalue weighted by Gasteiger charge is -2.14. The molecule has 4 N–H and O–H groups in total. The van der Waals surface area contributed by atoms with E-state index >= 15 is 0 Å². The first-order valence-electron chi connectivity index (χ1n) is 6.03. The van der Waals surface area contributed by atoms with Crippen LogP contribution in [0.25, 0.3) is 11.2 Å². The van der Waals surface area contributed by atoms with Crippen LogP contribution in [-0.4, -0.2) is 72.2 Å². The molecule has 0 aromatic carbocycles. The number of nitrogens with one attached hydrogen (secondary N) is 1. The van der Waals surface area contributed by atoms with E-state index in [1.54, 1.807) is 7.05 Å². The second kappa shape index (κ2) is 4.90. The van der Waals surface area contributed by atoms with E-state index in [4.69, 9.17) is 9.84 Å². The molecule has 0 aliphatic carbocycles. The minimum absolute atomic E-state index is 0.360. The Hall–Kier alpha value is -1.88. The lowest BCUT2D eigenvalue weighted by atomic mass is 10.1. The average molecular weight is 282 g/mol. The molecule has 108 valence electrons. The van der Waals surface area contributed by atoms with E-state index in [-0.39, 0.29) is 0 Å². The molecule has 1 aliphatic heterocycles. The first kappa shape index (κ1) is 13.1. The summed E-state index contributed by atoms with van der Waals surface area (Å²) in [6.07, 6.45) is -2.94. The molecule has 0 amide bonds. The number of rotatable bonds is 3. The van der Waals surface area contributed by atoms with Gasteiger partial charge < -0.3 is 25.4 Å². The molecule has 0 bridgehead atoms. The second-order valence-corrected chi connectivity index (χ2v) is 4.41. The summed E-state index contributed by atoms with van der Waals surface area (Å²) in [5, 5.41) is 39.5. The highest BCUT2D eigenvalue weighted by Gasteiger charge is 2.44. The van der Waals surface area contributed by atoms with Gasteiger partial charge in [0.15, 0.2) is 23.2 Å². The molecule has 10 nitrogen and oxygen atoms in total. The summed E-state index contributed by atoms with van der Waals surface area (Å²) in [7, 11) is 1.69. The largest absolute Gasteiger partial charge is 0.394 e. The van der Waals surface area contributed by atoms with Crippen molar-refractivity contribution in [3.8, 4) is 0 Å². The minimum atomic E-state index is -1.23. The predicted molar refractivity (Wildman–Crippen MR) is 65.7 cm³/mol. The van der Waals surface area contributed by atoms with Gasteiger partial charge in [-0.3, -0.25) is 0 Å². The Morgan fingerprint density at radius 2 is 2.15 bits per heavy atom. The van der Waals surface area contributed by atoms with Crippen molar-refractivity contribution in [2.75, 3.05) is 19.0 Å². The van der Waals surface area contributed by atoms with E-state index in [9.17, 15) is 10.2 Å². The highest BCUT2D eigenvalue weighted by Crippen LogP contribution is 2.30. The van der Waals surface area contributed by atoms with Crippen molar-refractivity contribution in [3.63, 3.8) is 0 Å². The van der Waals surface area contributed by atoms with Gasteiger partial charge in [0.05, 0.1) is 6.61 Å². The van der Waals surface area contributed by atoms with Crippen LogP contribution in [-0.2, 0) is 4.74 Å². The van der Waals surface area contributed by atoms with Gasteiger partial charge >= 0.3 is 0 Å². The predicted octanol–water partition coefficient (Wildman–Crippen LogP) is -2.13. The number of aliphatic hydroxyl groups excluding tert-OH is 3. The molecule has 0 saturated carbocycles. The third kappa shape index (κ3) is 1.81. The van der Waals surface area contributed by atoms with E-state index in [1.807, 2.05) is 0 Å². The lowest BCUT2D eigenvalue weighted by molar-refractivity contribution is -0.0574. The molecule has 3 heterocycles. The van der Waals surface area contributed by atoms with Crippen molar-refractivity contribution in [3.05, 3.63) is 6.33 Å². The van der Waals surface area contributed by atoms with Crippen molar-refractivity contribution in [2.24, 2.45) is 0 Å². The zero-order valence-corrected chi connectivity index (χ0v) is 10.6. The van der Waals surface area contributed by atoms with Crippen LogP contribution in [0.3, 0.4) is 0 Å². The molecule has 1 saturated heterocycles.